The average molecular weight is 384 g/mol. The van der Waals surface area contributed by atoms with Crippen LogP contribution in [0.3, 0.4) is 0 Å². The molecule has 1 atom stereocenters. The molecule has 1 aromatic rings. The number of cyclic esters (lactones) is 1. The summed E-state index contributed by atoms with van der Waals surface area (Å²) in [7, 11) is 0. The Hall–Kier alpha value is -2.65. The lowest BCUT2D eigenvalue weighted by Crippen LogP contribution is -2.33. The molecule has 0 aliphatic carbocycles. The number of aliphatic imine (C=N–C) groups is 1. The minimum atomic E-state index is -0.597. The van der Waals surface area contributed by atoms with E-state index < -0.39 is 18.0 Å². The molecule has 140 valence electrons. The number of rotatable bonds is 8. The van der Waals surface area contributed by atoms with Gasteiger partial charge in [-0.15, -0.1) is 0 Å². The van der Waals surface area contributed by atoms with Crippen molar-refractivity contribution < 1.29 is 18.7 Å². The van der Waals surface area contributed by atoms with Gasteiger partial charge in [-0.05, 0) is 18.2 Å². The van der Waals surface area contributed by atoms with Crippen LogP contribution in [0.25, 0.3) is 0 Å². The quantitative estimate of drug-likeness (QED) is 0.275. The highest BCUT2D eigenvalue weighted by molar-refractivity contribution is 6.29. The molecule has 10 heteroatoms. The molecule has 1 aromatic carbocycles. The fourth-order valence-corrected chi connectivity index (χ4v) is 2.23. The molecule has 1 fully saturated rings. The number of benzene rings is 1. The van der Waals surface area contributed by atoms with Crippen LogP contribution in [-0.4, -0.2) is 44.1 Å². The van der Waals surface area contributed by atoms with E-state index in [4.69, 9.17) is 16.3 Å². The van der Waals surface area contributed by atoms with E-state index in [0.717, 1.165) is 0 Å². The highest BCUT2D eigenvalue weighted by atomic mass is 35.5. The van der Waals surface area contributed by atoms with Crippen molar-refractivity contribution >= 4 is 41.3 Å². The van der Waals surface area contributed by atoms with Crippen LogP contribution in [0.2, 0.25) is 0 Å². The zero-order valence-electron chi connectivity index (χ0n) is 14.1. The predicted molar refractivity (Wildman–Crippen MR) is 97.0 cm³/mol. The van der Waals surface area contributed by atoms with Crippen molar-refractivity contribution in [1.29, 1.82) is 0 Å². The van der Waals surface area contributed by atoms with Crippen molar-refractivity contribution in [1.82, 2.24) is 16.2 Å². The number of hydrogen-bond donors (Lipinski definition) is 3. The maximum atomic E-state index is 14.2. The molecule has 0 radical (unpaired) electrons. The lowest BCUT2D eigenvalue weighted by Gasteiger charge is -2.13. The summed E-state index contributed by atoms with van der Waals surface area (Å²) in [4.78, 5) is 28.1. The summed E-state index contributed by atoms with van der Waals surface area (Å²) < 4.78 is 19.3. The summed E-state index contributed by atoms with van der Waals surface area (Å²) in [5.74, 6) is -0.813. The third kappa shape index (κ3) is 5.71. The number of hydrogen-bond acceptors (Lipinski definition) is 5. The largest absolute Gasteiger partial charge is 0.442 e. The van der Waals surface area contributed by atoms with Gasteiger partial charge in [0, 0.05) is 12.0 Å². The first-order valence-corrected chi connectivity index (χ1v) is 8.11. The molecule has 8 nitrogen and oxygen atoms in total. The van der Waals surface area contributed by atoms with Crippen LogP contribution in [0.4, 0.5) is 20.6 Å². The zero-order valence-corrected chi connectivity index (χ0v) is 14.8. The molecule has 2 rings (SSSR count). The smallest absolute Gasteiger partial charge is 0.414 e. The maximum absolute atomic E-state index is 14.2. The summed E-state index contributed by atoms with van der Waals surface area (Å²) in [5, 5.41) is 2.99. The van der Waals surface area contributed by atoms with Crippen LogP contribution in [0.15, 0.2) is 34.8 Å². The molecule has 0 aromatic heterocycles. The van der Waals surface area contributed by atoms with Crippen molar-refractivity contribution in [3.63, 3.8) is 0 Å². The first-order valence-electron chi connectivity index (χ1n) is 7.73. The SMILES string of the molecule is C=C(Cl)CNNC=Nc1ccc(N2CC(CNC(C)=O)OC2=O)cc1F. The number of ether oxygens (including phenoxy) is 1. The monoisotopic (exact) mass is 383 g/mol. The zero-order chi connectivity index (χ0) is 19.1. The second kappa shape index (κ2) is 9.16. The van der Waals surface area contributed by atoms with E-state index >= 15 is 0 Å². The van der Waals surface area contributed by atoms with Gasteiger partial charge in [0.2, 0.25) is 5.91 Å². The van der Waals surface area contributed by atoms with Gasteiger partial charge in [-0.3, -0.25) is 9.69 Å². The molecule has 2 amide bonds. The van der Waals surface area contributed by atoms with Crippen molar-refractivity contribution in [2.24, 2.45) is 4.99 Å². The molecule has 3 N–H and O–H groups in total. The van der Waals surface area contributed by atoms with Crippen LogP contribution >= 0.6 is 11.6 Å². The summed E-state index contributed by atoms with van der Waals surface area (Å²) >= 11 is 5.57. The third-order valence-corrected chi connectivity index (χ3v) is 3.48. The van der Waals surface area contributed by atoms with Crippen LogP contribution in [-0.2, 0) is 9.53 Å². The predicted octanol–water partition coefficient (Wildman–Crippen LogP) is 1.79. The molecule has 1 heterocycles. The molecular formula is C16H19ClFN5O3. The van der Waals surface area contributed by atoms with Crippen LogP contribution in [0.5, 0.6) is 0 Å². The molecular weight excluding hydrogens is 365 g/mol. The molecule has 1 saturated heterocycles. The number of amides is 2. The summed E-state index contributed by atoms with van der Waals surface area (Å²) in [5.41, 5.74) is 5.78. The van der Waals surface area contributed by atoms with Gasteiger partial charge >= 0.3 is 6.09 Å². The average Bonchev–Trinajstić information content (AvgIpc) is 2.94. The van der Waals surface area contributed by atoms with E-state index in [0.29, 0.717) is 17.3 Å². The van der Waals surface area contributed by atoms with Gasteiger partial charge in [-0.25, -0.2) is 19.6 Å². The molecule has 1 aliphatic rings. The second-order valence-corrected chi connectivity index (χ2v) is 6.00. The summed E-state index contributed by atoms with van der Waals surface area (Å²) in [6, 6.07) is 4.20. The third-order valence-electron chi connectivity index (χ3n) is 3.35. The first-order chi connectivity index (χ1) is 12.4. The van der Waals surface area contributed by atoms with Crippen molar-refractivity contribution in [2.75, 3.05) is 24.5 Å². The van der Waals surface area contributed by atoms with Crippen LogP contribution < -0.4 is 21.1 Å². The summed E-state index contributed by atoms with van der Waals surface area (Å²) in [6.45, 7) is 5.62. The topological polar surface area (TPSA) is 95.1 Å². The minimum absolute atomic E-state index is 0.0927. The minimum Gasteiger partial charge on any atom is -0.442 e. The Morgan fingerprint density at radius 3 is 3.00 bits per heavy atom. The normalized spacial score (nSPS) is 16.7. The van der Waals surface area contributed by atoms with E-state index in [1.54, 1.807) is 6.07 Å². The first kappa shape index (κ1) is 19.7. The number of carbonyl (C=O) groups excluding carboxylic acids is 2. The van der Waals surface area contributed by atoms with E-state index in [-0.39, 0.29) is 24.7 Å². The Morgan fingerprint density at radius 2 is 2.35 bits per heavy atom. The second-order valence-electron chi connectivity index (χ2n) is 5.46. The number of nitrogens with zero attached hydrogens (tertiary/aromatic N) is 2. The number of hydrazine groups is 1. The van der Waals surface area contributed by atoms with Gasteiger partial charge < -0.3 is 15.5 Å². The van der Waals surface area contributed by atoms with E-state index in [9.17, 15) is 14.0 Å². The molecule has 26 heavy (non-hydrogen) atoms. The Labute approximate surface area is 155 Å². The standard InChI is InChI=1S/C16H19ClFN5O3/c1-10(17)6-21-22-9-20-15-4-3-12(5-14(15)18)23-8-13(26-16(23)25)7-19-11(2)24/h3-5,9,13,21H,1,6-8H2,2H3,(H,19,24)(H,20,22). The number of halogens is 2. The number of nitrogens with one attached hydrogen (secondary N) is 3. The highest BCUT2D eigenvalue weighted by Gasteiger charge is 2.32. The van der Waals surface area contributed by atoms with Crippen molar-refractivity contribution in [3.05, 3.63) is 35.6 Å². The number of carbonyl (C=O) groups is 2. The van der Waals surface area contributed by atoms with Crippen molar-refractivity contribution in [3.8, 4) is 0 Å². The lowest BCUT2D eigenvalue weighted by atomic mass is 10.2. The molecule has 0 saturated carbocycles. The maximum Gasteiger partial charge on any atom is 0.414 e. The Morgan fingerprint density at radius 1 is 1.58 bits per heavy atom. The molecule has 1 aliphatic heterocycles. The lowest BCUT2D eigenvalue weighted by molar-refractivity contribution is -0.119. The molecule has 1 unspecified atom stereocenters. The summed E-state index contributed by atoms with van der Waals surface area (Å²) in [6.07, 6.45) is 0.188. The van der Waals surface area contributed by atoms with Crippen LogP contribution in [0.1, 0.15) is 6.92 Å². The van der Waals surface area contributed by atoms with Crippen molar-refractivity contribution in [2.45, 2.75) is 13.0 Å². The Bertz CT molecular complexity index is 728. The van der Waals surface area contributed by atoms with E-state index in [1.807, 2.05) is 0 Å². The van der Waals surface area contributed by atoms with Gasteiger partial charge in [0.25, 0.3) is 0 Å². The van der Waals surface area contributed by atoms with Gasteiger partial charge in [0.05, 0.1) is 25.3 Å². The molecule has 0 spiro atoms. The number of anilines is 1. The fourth-order valence-electron chi connectivity index (χ4n) is 2.16. The van der Waals surface area contributed by atoms with Gasteiger partial charge in [-0.2, -0.15) is 0 Å². The Kier molecular flexibility index (Phi) is 6.93. The van der Waals surface area contributed by atoms with Gasteiger partial charge in [0.15, 0.2) is 5.82 Å². The highest BCUT2D eigenvalue weighted by Crippen LogP contribution is 2.27. The fraction of sp³-hybridized carbons (Fsp3) is 0.312. The van der Waals surface area contributed by atoms with Gasteiger partial charge in [0.1, 0.15) is 18.1 Å². The Balaban J connectivity index is 1.96. The van der Waals surface area contributed by atoms with E-state index in [1.165, 1.54) is 30.3 Å². The van der Waals surface area contributed by atoms with Crippen LogP contribution in [0, 0.1) is 5.82 Å². The van der Waals surface area contributed by atoms with E-state index in [2.05, 4.69) is 27.7 Å². The van der Waals surface area contributed by atoms with Gasteiger partial charge in [-0.1, -0.05) is 18.2 Å². The molecule has 0 bridgehead atoms.